The van der Waals surface area contributed by atoms with Crippen molar-refractivity contribution in [2.45, 2.75) is 19.1 Å². The first-order chi connectivity index (χ1) is 7.83. The fraction of sp³-hybridized carbons (Fsp3) is 0.600. The van der Waals surface area contributed by atoms with Crippen molar-refractivity contribution in [3.8, 4) is 0 Å². The van der Waals surface area contributed by atoms with Gasteiger partial charge in [-0.15, -0.1) is 11.3 Å². The van der Waals surface area contributed by atoms with E-state index in [-0.39, 0.29) is 12.6 Å². The Morgan fingerprint density at radius 1 is 1.53 bits per heavy atom. The highest BCUT2D eigenvalue weighted by Gasteiger charge is 2.28. The number of rotatable bonds is 5. The summed E-state index contributed by atoms with van der Waals surface area (Å²) in [6, 6.07) is 1.68. The summed E-state index contributed by atoms with van der Waals surface area (Å²) in [5.74, 6) is 0. The second-order valence-corrected chi connectivity index (χ2v) is 6.17. The van der Waals surface area contributed by atoms with Gasteiger partial charge in [0, 0.05) is 4.88 Å². The normalized spacial score (nSPS) is 14.0. The Morgan fingerprint density at radius 3 is 2.59 bits per heavy atom. The van der Waals surface area contributed by atoms with Crippen LogP contribution in [0.15, 0.2) is 9.85 Å². The van der Waals surface area contributed by atoms with Gasteiger partial charge < -0.3 is 10.1 Å². The molecule has 0 aromatic carbocycles. The van der Waals surface area contributed by atoms with Gasteiger partial charge >= 0.3 is 6.18 Å². The third-order valence-electron chi connectivity index (χ3n) is 2.20. The molecule has 98 valence electrons. The van der Waals surface area contributed by atoms with Gasteiger partial charge in [-0.3, -0.25) is 0 Å². The summed E-state index contributed by atoms with van der Waals surface area (Å²) < 4.78 is 41.5. The number of hydrogen-bond acceptors (Lipinski definition) is 3. The fourth-order valence-corrected chi connectivity index (χ4v) is 3.20. The maximum atomic E-state index is 11.9. The van der Waals surface area contributed by atoms with Crippen LogP contribution in [0.2, 0.25) is 0 Å². The molecule has 7 heteroatoms. The Hall–Kier alpha value is -0.110. The van der Waals surface area contributed by atoms with Gasteiger partial charge in [0.25, 0.3) is 0 Å². The van der Waals surface area contributed by atoms with E-state index in [1.54, 1.807) is 18.4 Å². The number of ether oxygens (including phenoxy) is 1. The summed E-state index contributed by atoms with van der Waals surface area (Å²) in [6.07, 6.45) is -4.28. The van der Waals surface area contributed by atoms with Crippen LogP contribution >= 0.6 is 27.3 Å². The Morgan fingerprint density at radius 2 is 2.18 bits per heavy atom. The first-order valence-electron chi connectivity index (χ1n) is 4.91. The summed E-state index contributed by atoms with van der Waals surface area (Å²) >= 11 is 4.90. The third kappa shape index (κ3) is 4.95. The minimum atomic E-state index is -4.28. The maximum absolute atomic E-state index is 11.9. The van der Waals surface area contributed by atoms with Crippen LogP contribution in [0.25, 0.3) is 0 Å². The molecule has 1 unspecified atom stereocenters. The Labute approximate surface area is 110 Å². The van der Waals surface area contributed by atoms with E-state index in [1.165, 1.54) is 0 Å². The second kappa shape index (κ2) is 6.17. The lowest BCUT2D eigenvalue weighted by atomic mass is 10.1. The monoisotopic (exact) mass is 331 g/mol. The van der Waals surface area contributed by atoms with Crippen LogP contribution in [-0.4, -0.2) is 26.4 Å². The Balaban J connectivity index is 2.57. The molecule has 1 heterocycles. The van der Waals surface area contributed by atoms with E-state index in [2.05, 4.69) is 26.0 Å². The van der Waals surface area contributed by atoms with Crippen LogP contribution in [0.5, 0.6) is 0 Å². The average molecular weight is 332 g/mol. The smallest absolute Gasteiger partial charge is 0.370 e. The first kappa shape index (κ1) is 14.9. The molecule has 0 amide bonds. The zero-order valence-corrected chi connectivity index (χ0v) is 11.8. The Kier molecular flexibility index (Phi) is 5.43. The van der Waals surface area contributed by atoms with Crippen LogP contribution in [0.4, 0.5) is 13.2 Å². The number of thiophene rings is 1. The van der Waals surface area contributed by atoms with Crippen LogP contribution in [0, 0.1) is 6.92 Å². The molecule has 0 spiro atoms. The van der Waals surface area contributed by atoms with Crippen molar-refractivity contribution in [1.29, 1.82) is 0 Å². The largest absolute Gasteiger partial charge is 0.411 e. The lowest BCUT2D eigenvalue weighted by Gasteiger charge is -2.17. The van der Waals surface area contributed by atoms with Crippen molar-refractivity contribution in [3.63, 3.8) is 0 Å². The quantitative estimate of drug-likeness (QED) is 0.889. The van der Waals surface area contributed by atoms with E-state index in [1.807, 2.05) is 13.0 Å². The predicted molar refractivity (Wildman–Crippen MR) is 65.4 cm³/mol. The van der Waals surface area contributed by atoms with Crippen molar-refractivity contribution in [2.75, 3.05) is 20.3 Å². The third-order valence-corrected chi connectivity index (χ3v) is 3.77. The van der Waals surface area contributed by atoms with Gasteiger partial charge in [0.15, 0.2) is 0 Å². The zero-order valence-electron chi connectivity index (χ0n) is 9.40. The SMILES string of the molecule is CNC(COCC(F)(F)F)c1cc(Br)sc1C. The summed E-state index contributed by atoms with van der Waals surface area (Å²) in [7, 11) is 1.70. The van der Waals surface area contributed by atoms with Crippen molar-refractivity contribution in [2.24, 2.45) is 0 Å². The molecule has 0 aliphatic heterocycles. The van der Waals surface area contributed by atoms with E-state index in [0.29, 0.717) is 0 Å². The topological polar surface area (TPSA) is 21.3 Å². The van der Waals surface area contributed by atoms with Gasteiger partial charge in [-0.1, -0.05) is 0 Å². The van der Waals surface area contributed by atoms with E-state index in [0.717, 1.165) is 14.2 Å². The molecule has 17 heavy (non-hydrogen) atoms. The van der Waals surface area contributed by atoms with Crippen molar-refractivity contribution in [3.05, 3.63) is 20.3 Å². The van der Waals surface area contributed by atoms with Crippen molar-refractivity contribution in [1.82, 2.24) is 5.32 Å². The minimum Gasteiger partial charge on any atom is -0.370 e. The summed E-state index contributed by atoms with van der Waals surface area (Å²) in [5, 5.41) is 2.95. The number of nitrogens with one attached hydrogen (secondary N) is 1. The molecular weight excluding hydrogens is 319 g/mol. The van der Waals surface area contributed by atoms with Crippen LogP contribution in [-0.2, 0) is 4.74 Å². The first-order valence-corrected chi connectivity index (χ1v) is 6.52. The average Bonchev–Trinajstić information content (AvgIpc) is 2.51. The van der Waals surface area contributed by atoms with Gasteiger partial charge in [0.05, 0.1) is 16.4 Å². The predicted octanol–water partition coefficient (Wildman–Crippen LogP) is 3.66. The maximum Gasteiger partial charge on any atom is 0.411 e. The highest BCUT2D eigenvalue weighted by molar-refractivity contribution is 9.11. The number of hydrogen-bond donors (Lipinski definition) is 1. The van der Waals surface area contributed by atoms with Gasteiger partial charge in [-0.05, 0) is 41.5 Å². The summed E-state index contributed by atoms with van der Waals surface area (Å²) in [5.41, 5.74) is 0.964. The number of halogens is 4. The number of likely N-dealkylation sites (N-methyl/N-ethyl adjacent to an activating group) is 1. The van der Waals surface area contributed by atoms with Crippen LogP contribution in [0.3, 0.4) is 0 Å². The molecule has 1 atom stereocenters. The molecule has 0 saturated heterocycles. The molecule has 2 nitrogen and oxygen atoms in total. The molecule has 1 N–H and O–H groups in total. The highest BCUT2D eigenvalue weighted by atomic mass is 79.9. The van der Waals surface area contributed by atoms with Gasteiger partial charge in [-0.25, -0.2) is 0 Å². The second-order valence-electron chi connectivity index (χ2n) is 3.53. The zero-order chi connectivity index (χ0) is 13.1. The molecule has 0 saturated carbocycles. The standard InChI is InChI=1S/C10H13BrF3NOS/c1-6-7(3-9(11)17-6)8(15-2)4-16-5-10(12,13)14/h3,8,15H,4-5H2,1-2H3. The Bertz CT molecular complexity index is 367. The molecule has 1 aromatic rings. The van der Waals surface area contributed by atoms with Crippen molar-refractivity contribution >= 4 is 27.3 Å². The summed E-state index contributed by atoms with van der Waals surface area (Å²) in [4.78, 5) is 1.06. The van der Waals surface area contributed by atoms with Crippen LogP contribution < -0.4 is 5.32 Å². The number of alkyl halides is 3. The van der Waals surface area contributed by atoms with E-state index < -0.39 is 12.8 Å². The lowest BCUT2D eigenvalue weighted by Crippen LogP contribution is -2.25. The summed E-state index contributed by atoms with van der Waals surface area (Å²) in [6.45, 7) is 0.717. The molecule has 0 aliphatic carbocycles. The van der Waals surface area contributed by atoms with Gasteiger partial charge in [0.2, 0.25) is 0 Å². The van der Waals surface area contributed by atoms with E-state index in [9.17, 15) is 13.2 Å². The van der Waals surface area contributed by atoms with E-state index in [4.69, 9.17) is 0 Å². The van der Waals surface area contributed by atoms with Gasteiger partial charge in [0.1, 0.15) is 6.61 Å². The van der Waals surface area contributed by atoms with Crippen molar-refractivity contribution < 1.29 is 17.9 Å². The molecule has 0 fully saturated rings. The van der Waals surface area contributed by atoms with Crippen LogP contribution in [0.1, 0.15) is 16.5 Å². The highest BCUT2D eigenvalue weighted by Crippen LogP contribution is 2.30. The molecule has 0 aliphatic rings. The molecular formula is C10H13BrF3NOS. The van der Waals surface area contributed by atoms with Gasteiger partial charge in [-0.2, -0.15) is 13.2 Å². The molecule has 0 bridgehead atoms. The molecule has 1 rings (SSSR count). The molecule has 1 aromatic heterocycles. The fourth-order valence-electron chi connectivity index (χ4n) is 1.43. The minimum absolute atomic E-state index is 0.0000231. The molecule has 0 radical (unpaired) electrons. The lowest BCUT2D eigenvalue weighted by molar-refractivity contribution is -0.175. The number of aryl methyl sites for hydroxylation is 1. The van der Waals surface area contributed by atoms with E-state index >= 15 is 0 Å².